The molecule has 1 fully saturated rings. The molecule has 0 aliphatic carbocycles. The molecule has 24 heavy (non-hydrogen) atoms. The molecule has 132 valence electrons. The van der Waals surface area contributed by atoms with Crippen LogP contribution in [-0.4, -0.2) is 68.3 Å². The van der Waals surface area contributed by atoms with Gasteiger partial charge < -0.3 is 14.4 Å². The molecule has 1 aliphatic rings. The van der Waals surface area contributed by atoms with E-state index in [9.17, 15) is 4.79 Å². The quantitative estimate of drug-likeness (QED) is 0.719. The molecule has 5 heteroatoms. The molecule has 1 amide bonds. The van der Waals surface area contributed by atoms with Crippen molar-refractivity contribution >= 4 is 5.91 Å². The number of rotatable bonds is 7. The zero-order valence-corrected chi connectivity index (χ0v) is 15.0. The molecule has 1 aromatic carbocycles. The first-order valence-corrected chi connectivity index (χ1v) is 8.42. The number of likely N-dealkylation sites (N-methyl/N-ethyl adjacent to an activating group) is 1. The lowest BCUT2D eigenvalue weighted by molar-refractivity contribution is 0.0142. The number of carbonyl (C=O) groups is 1. The molecule has 5 nitrogen and oxygen atoms in total. The van der Waals surface area contributed by atoms with Gasteiger partial charge in [0, 0.05) is 32.7 Å². The summed E-state index contributed by atoms with van der Waals surface area (Å²) >= 11 is 0. The van der Waals surface area contributed by atoms with E-state index in [1.54, 1.807) is 4.90 Å². The van der Waals surface area contributed by atoms with Gasteiger partial charge in [-0.15, -0.1) is 0 Å². The third kappa shape index (κ3) is 5.08. The molecule has 0 radical (unpaired) electrons. The van der Waals surface area contributed by atoms with E-state index >= 15 is 0 Å². The van der Waals surface area contributed by atoms with E-state index in [4.69, 9.17) is 9.47 Å². The Morgan fingerprint density at radius 3 is 2.71 bits per heavy atom. The molecular weight excluding hydrogens is 304 g/mol. The van der Waals surface area contributed by atoms with Gasteiger partial charge in [0.05, 0.1) is 18.8 Å². The van der Waals surface area contributed by atoms with Crippen molar-refractivity contribution in [2.45, 2.75) is 19.9 Å². The van der Waals surface area contributed by atoms with E-state index in [-0.39, 0.29) is 5.91 Å². The molecule has 2 rings (SSSR count). The molecule has 0 spiro atoms. The molecule has 0 bridgehead atoms. The van der Waals surface area contributed by atoms with E-state index in [2.05, 4.69) is 18.4 Å². The van der Waals surface area contributed by atoms with Crippen LogP contribution in [0.15, 0.2) is 36.4 Å². The van der Waals surface area contributed by atoms with Crippen LogP contribution in [0.4, 0.5) is 0 Å². The predicted molar refractivity (Wildman–Crippen MR) is 95.6 cm³/mol. The van der Waals surface area contributed by atoms with Gasteiger partial charge in [-0.2, -0.15) is 0 Å². The van der Waals surface area contributed by atoms with Crippen molar-refractivity contribution in [3.05, 3.63) is 42.0 Å². The second kappa shape index (κ2) is 8.85. The highest BCUT2D eigenvalue weighted by Gasteiger charge is 2.22. The maximum atomic E-state index is 12.8. The van der Waals surface area contributed by atoms with E-state index < -0.39 is 0 Å². The molecule has 1 aliphatic heterocycles. The molecular formula is C19H28N2O3. The number of para-hydroxylation sites is 1. The van der Waals surface area contributed by atoms with Crippen molar-refractivity contribution in [1.82, 2.24) is 9.80 Å². The van der Waals surface area contributed by atoms with Crippen LogP contribution >= 0.6 is 0 Å². The summed E-state index contributed by atoms with van der Waals surface area (Å²) in [4.78, 5) is 16.9. The molecule has 1 heterocycles. The minimum Gasteiger partial charge on any atom is -0.488 e. The van der Waals surface area contributed by atoms with Crippen molar-refractivity contribution in [3.8, 4) is 5.75 Å². The van der Waals surface area contributed by atoms with Gasteiger partial charge in [0.25, 0.3) is 5.91 Å². The number of carbonyl (C=O) groups excluding carboxylic acids is 1. The Balaban J connectivity index is 2.00. The van der Waals surface area contributed by atoms with Crippen LogP contribution < -0.4 is 4.74 Å². The fraction of sp³-hybridized carbons (Fsp3) is 0.526. The van der Waals surface area contributed by atoms with E-state index in [1.807, 2.05) is 38.2 Å². The predicted octanol–water partition coefficient (Wildman–Crippen LogP) is 2.43. The first-order chi connectivity index (χ1) is 11.5. The summed E-state index contributed by atoms with van der Waals surface area (Å²) in [5.41, 5.74) is 1.52. The standard InChI is InChI=1S/C19H28N2O3/c1-15(2)14-24-18-8-6-5-7-17(18)19(22)20(4)13-16(3)21-9-11-23-12-10-21/h5-8,16H,1,9-14H2,2-4H3/t16-/m1/s1. The van der Waals surface area contributed by atoms with Gasteiger partial charge in [0.2, 0.25) is 0 Å². The van der Waals surface area contributed by atoms with E-state index in [0.717, 1.165) is 31.9 Å². The summed E-state index contributed by atoms with van der Waals surface area (Å²) in [6, 6.07) is 7.67. The second-order valence-electron chi connectivity index (χ2n) is 6.42. The maximum Gasteiger partial charge on any atom is 0.257 e. The lowest BCUT2D eigenvalue weighted by atomic mass is 10.1. The Morgan fingerprint density at radius 2 is 2.04 bits per heavy atom. The number of morpholine rings is 1. The monoisotopic (exact) mass is 332 g/mol. The number of hydrogen-bond donors (Lipinski definition) is 0. The van der Waals surface area contributed by atoms with Gasteiger partial charge >= 0.3 is 0 Å². The van der Waals surface area contributed by atoms with Crippen molar-refractivity contribution in [2.75, 3.05) is 46.5 Å². The summed E-state index contributed by atoms with van der Waals surface area (Å²) in [7, 11) is 1.84. The zero-order valence-electron chi connectivity index (χ0n) is 15.0. The lowest BCUT2D eigenvalue weighted by Gasteiger charge is -2.34. The summed E-state index contributed by atoms with van der Waals surface area (Å²) in [6.45, 7) is 12.3. The summed E-state index contributed by atoms with van der Waals surface area (Å²) < 4.78 is 11.1. The SMILES string of the molecule is C=C(C)COc1ccccc1C(=O)N(C)C[C@@H](C)N1CCOCC1. The van der Waals surface area contributed by atoms with Crippen molar-refractivity contribution in [1.29, 1.82) is 0 Å². The third-order valence-electron chi connectivity index (χ3n) is 4.15. The Labute approximate surface area is 144 Å². The van der Waals surface area contributed by atoms with Gasteiger partial charge in [0.15, 0.2) is 0 Å². The van der Waals surface area contributed by atoms with Crippen molar-refractivity contribution in [3.63, 3.8) is 0 Å². The Morgan fingerprint density at radius 1 is 1.38 bits per heavy atom. The van der Waals surface area contributed by atoms with Crippen molar-refractivity contribution < 1.29 is 14.3 Å². The average molecular weight is 332 g/mol. The number of benzene rings is 1. The van der Waals surface area contributed by atoms with Crippen LogP contribution in [0, 0.1) is 0 Å². The van der Waals surface area contributed by atoms with Gasteiger partial charge in [0.1, 0.15) is 12.4 Å². The molecule has 0 unspecified atom stereocenters. The molecule has 0 saturated carbocycles. The van der Waals surface area contributed by atoms with Crippen LogP contribution in [0.1, 0.15) is 24.2 Å². The van der Waals surface area contributed by atoms with Gasteiger partial charge in [-0.1, -0.05) is 18.7 Å². The first kappa shape index (κ1) is 18.5. The highest BCUT2D eigenvalue weighted by Crippen LogP contribution is 2.20. The van der Waals surface area contributed by atoms with E-state index in [1.165, 1.54) is 0 Å². The van der Waals surface area contributed by atoms with Crippen LogP contribution in [-0.2, 0) is 4.74 Å². The first-order valence-electron chi connectivity index (χ1n) is 8.42. The highest BCUT2D eigenvalue weighted by atomic mass is 16.5. The fourth-order valence-electron chi connectivity index (χ4n) is 2.79. The maximum absolute atomic E-state index is 12.8. The number of amides is 1. The minimum atomic E-state index is -0.0209. The van der Waals surface area contributed by atoms with Gasteiger partial charge in [-0.05, 0) is 31.6 Å². The highest BCUT2D eigenvalue weighted by molar-refractivity contribution is 5.96. The Bertz CT molecular complexity index is 567. The molecule has 1 atom stereocenters. The zero-order chi connectivity index (χ0) is 17.5. The van der Waals surface area contributed by atoms with E-state index in [0.29, 0.717) is 30.5 Å². The van der Waals surface area contributed by atoms with Crippen LogP contribution in [0.3, 0.4) is 0 Å². The number of nitrogens with zero attached hydrogens (tertiary/aromatic N) is 2. The van der Waals surface area contributed by atoms with Gasteiger partial charge in [-0.3, -0.25) is 9.69 Å². The lowest BCUT2D eigenvalue weighted by Crippen LogP contribution is -2.47. The average Bonchev–Trinajstić information content (AvgIpc) is 2.60. The summed E-state index contributed by atoms with van der Waals surface area (Å²) in [6.07, 6.45) is 0. The van der Waals surface area contributed by atoms with Crippen LogP contribution in [0.2, 0.25) is 0 Å². The Kier molecular flexibility index (Phi) is 6.82. The van der Waals surface area contributed by atoms with Gasteiger partial charge in [-0.25, -0.2) is 0 Å². The normalized spacial score (nSPS) is 16.5. The number of hydrogen-bond acceptors (Lipinski definition) is 4. The molecule has 1 saturated heterocycles. The summed E-state index contributed by atoms with van der Waals surface area (Å²) in [5, 5.41) is 0. The third-order valence-corrected chi connectivity index (χ3v) is 4.15. The second-order valence-corrected chi connectivity index (χ2v) is 6.42. The topological polar surface area (TPSA) is 42.0 Å². The van der Waals surface area contributed by atoms with Crippen molar-refractivity contribution in [2.24, 2.45) is 0 Å². The minimum absolute atomic E-state index is 0.0209. The smallest absolute Gasteiger partial charge is 0.257 e. The largest absolute Gasteiger partial charge is 0.488 e. The Hall–Kier alpha value is -1.85. The molecule has 0 N–H and O–H groups in total. The molecule has 0 aromatic heterocycles. The van der Waals surface area contributed by atoms with Crippen LogP contribution in [0.25, 0.3) is 0 Å². The number of ether oxygens (including phenoxy) is 2. The fourth-order valence-corrected chi connectivity index (χ4v) is 2.79. The molecule has 1 aromatic rings. The summed E-state index contributed by atoms with van der Waals surface area (Å²) in [5.74, 6) is 0.587. The van der Waals surface area contributed by atoms with Crippen LogP contribution in [0.5, 0.6) is 5.75 Å².